The number of carbonyl (C=O) groups excluding carboxylic acids is 11. The lowest BCUT2D eigenvalue weighted by Gasteiger charge is -2.34. The summed E-state index contributed by atoms with van der Waals surface area (Å²) in [7, 11) is 0. The average Bonchev–Trinajstić information content (AvgIpc) is 2.52. The summed E-state index contributed by atoms with van der Waals surface area (Å²) in [5.74, 6) is -13.7. The van der Waals surface area contributed by atoms with Gasteiger partial charge in [-0.1, -0.05) is 34.1 Å². The summed E-state index contributed by atoms with van der Waals surface area (Å²) in [5, 5.41) is 73.1. The molecule has 3 aliphatic heterocycles. The molecule has 14 atom stereocenters. The minimum atomic E-state index is -1.95. The summed E-state index contributed by atoms with van der Waals surface area (Å²) in [5.41, 5.74) is 22.7. The summed E-state index contributed by atoms with van der Waals surface area (Å²) in [4.78, 5) is 180. The Kier molecular flexibility index (Phi) is 32.4. The summed E-state index contributed by atoms with van der Waals surface area (Å²) in [6, 6.07) is -17.1. The van der Waals surface area contributed by atoms with Gasteiger partial charge in [0.05, 0.1) is 31.8 Å². The van der Waals surface area contributed by atoms with Gasteiger partial charge >= 0.3 is 11.9 Å². The normalized spacial score (nSPS) is 20.2. The number of nitrogens with zero attached hydrogens (tertiary/aromatic N) is 3. The molecule has 34 heteroatoms. The number of rotatable bonds is 38. The van der Waals surface area contributed by atoms with Gasteiger partial charge in [-0.15, -0.1) is 0 Å². The molecule has 3 aliphatic rings. The number of carboxylic acids is 2. The summed E-state index contributed by atoms with van der Waals surface area (Å²) < 4.78 is 0. The Morgan fingerprint density at radius 3 is 1.49 bits per heavy atom. The molecule has 34 nitrogen and oxygen atoms in total. The maximum Gasteiger partial charge on any atom is 0.326 e. The molecule has 3 fully saturated rings. The molecule has 0 aromatic rings. The lowest BCUT2D eigenvalue weighted by Crippen LogP contribution is -2.62. The van der Waals surface area contributed by atoms with Crippen LogP contribution in [-0.4, -0.2) is 248 Å². The predicted molar refractivity (Wildman–Crippen MR) is 320 cm³/mol. The first-order chi connectivity index (χ1) is 42.4. The number of likely N-dealkylation sites (tertiary alicyclic amines) is 3. The van der Waals surface area contributed by atoms with E-state index in [1.807, 2.05) is 0 Å². The second kappa shape index (κ2) is 37.8. The minimum Gasteiger partial charge on any atom is -0.481 e. The standard InChI is InChI=1S/C56H98N16O18/c1-7-29(4)42(68-46(80)37(27-74)67-49(83)38-16-11-21-70(38)52(86)30(5)58)50(84)64-34(25-41(76)77)45(79)62-32(15-10-20-61-56(59)60)44(78)66-36(26-73)47(81)69-43(31(6)75)51(85)63-33(14-8-9-19-57)53(87)72-23-13-18-40(72)54(88)71-22-12-17-39(71)48(82)65-35(55(89)90)24-28(2)3/h28-40,42-43,56,61,73-75H,7-27,57-60H2,1-6H3,(H,62,79)(H,63,85)(H,64,84)(H,65,82)(H,66,78)(H,67,83)(H,68,80)(H,69,81)(H,76,77)(H,89,90)/t29-,30-,31+,32-,33-,34-,35-,36-,37-,38-,39-,40-,42-,43-/m0/s1. The third kappa shape index (κ3) is 23.2. The SMILES string of the molecule is CC[C@H](C)[C@H](NC(=O)[C@H](CO)NC(=O)[C@@H]1CCCN1C(=O)[C@H](C)N)C(=O)N[C@@H](CC(=O)O)C(=O)N[C@@H](CCCNC(N)N)C(=O)N[C@@H](CO)C(=O)N[C@H](C(=O)N[C@@H](CCCCN)C(=O)N1CCC[C@H]1C(=O)N1CCC[C@H]1C(=O)N[C@@H](CC(C)C)C(=O)O)[C@@H](C)O. The Morgan fingerprint density at radius 2 is 0.978 bits per heavy atom. The van der Waals surface area contributed by atoms with Gasteiger partial charge in [0, 0.05) is 19.6 Å². The molecule has 0 aromatic carbocycles. The summed E-state index contributed by atoms with van der Waals surface area (Å²) in [6.07, 6.45) is -1.07. The van der Waals surface area contributed by atoms with Crippen molar-refractivity contribution in [1.29, 1.82) is 0 Å². The molecular weight excluding hydrogens is 1180 g/mol. The van der Waals surface area contributed by atoms with Crippen LogP contribution in [0.15, 0.2) is 0 Å². The molecule has 0 unspecified atom stereocenters. The van der Waals surface area contributed by atoms with Crippen molar-refractivity contribution in [1.82, 2.24) is 62.6 Å². The lowest BCUT2D eigenvalue weighted by atomic mass is 9.97. The van der Waals surface area contributed by atoms with Crippen molar-refractivity contribution in [2.75, 3.05) is 45.9 Å². The Hall–Kier alpha value is -7.21. The van der Waals surface area contributed by atoms with Crippen LogP contribution in [0.3, 0.4) is 0 Å². The molecule has 510 valence electrons. The number of unbranched alkanes of at least 4 members (excludes halogenated alkanes) is 1. The molecule has 0 aromatic heterocycles. The molecule has 0 bridgehead atoms. The molecule has 0 radical (unpaired) electrons. The van der Waals surface area contributed by atoms with Crippen LogP contribution in [0, 0.1) is 11.8 Å². The third-order valence-corrected chi connectivity index (χ3v) is 16.0. The Balaban J connectivity index is 1.82. The summed E-state index contributed by atoms with van der Waals surface area (Å²) in [6.45, 7) is 7.98. The van der Waals surface area contributed by atoms with E-state index >= 15 is 0 Å². The number of carbonyl (C=O) groups is 13. The molecule has 11 amide bonds. The molecule has 0 spiro atoms. The van der Waals surface area contributed by atoms with Gasteiger partial charge < -0.3 is 106 Å². The molecule has 90 heavy (non-hydrogen) atoms. The maximum absolute atomic E-state index is 14.5. The molecule has 22 N–H and O–H groups in total. The number of carboxylic acid groups (broad SMARTS) is 2. The van der Waals surface area contributed by atoms with Gasteiger partial charge in [0.1, 0.15) is 72.7 Å². The van der Waals surface area contributed by atoms with Crippen molar-refractivity contribution in [2.24, 2.45) is 34.8 Å². The van der Waals surface area contributed by atoms with E-state index in [4.69, 9.17) is 22.9 Å². The second-order valence-electron chi connectivity index (χ2n) is 23.7. The van der Waals surface area contributed by atoms with Gasteiger partial charge in [-0.3, -0.25) is 62.9 Å². The van der Waals surface area contributed by atoms with Crippen LogP contribution < -0.4 is 70.8 Å². The third-order valence-electron chi connectivity index (χ3n) is 16.0. The highest BCUT2D eigenvalue weighted by molar-refractivity contribution is 6.00. The van der Waals surface area contributed by atoms with Crippen LogP contribution in [0.25, 0.3) is 0 Å². The van der Waals surface area contributed by atoms with Crippen LogP contribution in [-0.2, 0) is 62.3 Å². The lowest BCUT2D eigenvalue weighted by molar-refractivity contribution is -0.149. The zero-order chi connectivity index (χ0) is 67.7. The van der Waals surface area contributed by atoms with Crippen molar-refractivity contribution in [3.8, 4) is 0 Å². The van der Waals surface area contributed by atoms with Crippen molar-refractivity contribution in [2.45, 2.75) is 216 Å². The van der Waals surface area contributed by atoms with Crippen LogP contribution in [0.1, 0.15) is 131 Å². The minimum absolute atomic E-state index is 0.0188. The number of aliphatic hydroxyl groups is 3. The number of nitrogens with one attached hydrogen (secondary N) is 9. The molecule has 0 saturated carbocycles. The van der Waals surface area contributed by atoms with Gasteiger partial charge in [-0.05, 0) is 116 Å². The highest BCUT2D eigenvalue weighted by Gasteiger charge is 2.45. The highest BCUT2D eigenvalue weighted by Crippen LogP contribution is 2.27. The Labute approximate surface area is 522 Å². The van der Waals surface area contributed by atoms with Crippen molar-refractivity contribution in [3.63, 3.8) is 0 Å². The van der Waals surface area contributed by atoms with E-state index in [-0.39, 0.29) is 90.0 Å². The summed E-state index contributed by atoms with van der Waals surface area (Å²) >= 11 is 0. The number of aliphatic hydroxyl groups excluding tert-OH is 3. The van der Waals surface area contributed by atoms with Gasteiger partial charge in [0.15, 0.2) is 0 Å². The highest BCUT2D eigenvalue weighted by atomic mass is 16.4. The monoisotopic (exact) mass is 1280 g/mol. The van der Waals surface area contributed by atoms with Crippen LogP contribution in [0.4, 0.5) is 0 Å². The van der Waals surface area contributed by atoms with Gasteiger partial charge in [-0.2, -0.15) is 0 Å². The number of amides is 11. The maximum atomic E-state index is 14.5. The Bertz CT molecular complexity index is 2490. The first-order valence-corrected chi connectivity index (χ1v) is 30.8. The zero-order valence-electron chi connectivity index (χ0n) is 52.3. The number of aliphatic carboxylic acids is 2. The topological polar surface area (TPSA) is 545 Å². The number of nitrogens with two attached hydrogens (primary N) is 4. The molecule has 3 heterocycles. The van der Waals surface area contributed by atoms with E-state index < -0.39 is 187 Å². The van der Waals surface area contributed by atoms with E-state index in [1.54, 1.807) is 20.8 Å². The van der Waals surface area contributed by atoms with Crippen molar-refractivity contribution in [3.05, 3.63) is 0 Å². The number of hydrogen-bond donors (Lipinski definition) is 18. The zero-order valence-corrected chi connectivity index (χ0v) is 52.3. The predicted octanol–water partition coefficient (Wildman–Crippen LogP) is -7.10. The van der Waals surface area contributed by atoms with E-state index in [2.05, 4.69) is 47.9 Å². The molecule has 3 rings (SSSR count). The van der Waals surface area contributed by atoms with Crippen molar-refractivity contribution < 1.29 is 87.9 Å². The first-order valence-electron chi connectivity index (χ1n) is 30.8. The smallest absolute Gasteiger partial charge is 0.326 e. The second-order valence-corrected chi connectivity index (χ2v) is 23.7. The fourth-order valence-electron chi connectivity index (χ4n) is 10.8. The van der Waals surface area contributed by atoms with Crippen LogP contribution in [0.5, 0.6) is 0 Å². The molecular formula is C56H98N16O18. The molecule has 3 saturated heterocycles. The Morgan fingerprint density at radius 1 is 0.522 bits per heavy atom. The van der Waals surface area contributed by atoms with E-state index in [9.17, 15) is 87.9 Å². The largest absolute Gasteiger partial charge is 0.481 e. The van der Waals surface area contributed by atoms with Gasteiger partial charge in [-0.25, -0.2) is 4.79 Å². The number of hydrogen-bond acceptors (Lipinski definition) is 21. The van der Waals surface area contributed by atoms with Crippen LogP contribution >= 0.6 is 0 Å². The first kappa shape index (κ1) is 77.0. The van der Waals surface area contributed by atoms with Crippen LogP contribution in [0.2, 0.25) is 0 Å². The fraction of sp³-hybridized carbons (Fsp3) is 0.768. The molecule has 0 aliphatic carbocycles. The van der Waals surface area contributed by atoms with E-state index in [0.717, 1.165) is 6.92 Å². The quantitative estimate of drug-likeness (QED) is 0.0202. The van der Waals surface area contributed by atoms with E-state index in [1.165, 1.54) is 28.5 Å². The van der Waals surface area contributed by atoms with Gasteiger partial charge in [0.25, 0.3) is 0 Å². The average molecular weight is 1280 g/mol. The van der Waals surface area contributed by atoms with E-state index in [0.29, 0.717) is 32.1 Å². The van der Waals surface area contributed by atoms with Gasteiger partial charge in [0.2, 0.25) is 65.0 Å². The fourth-order valence-corrected chi connectivity index (χ4v) is 10.8. The van der Waals surface area contributed by atoms with Crippen molar-refractivity contribution >= 4 is 76.9 Å².